The van der Waals surface area contributed by atoms with Crippen molar-refractivity contribution in [2.24, 2.45) is 0 Å². The zero-order valence-corrected chi connectivity index (χ0v) is 16.4. The molecule has 0 amide bonds. The Bertz CT molecular complexity index is 1050. The number of ether oxygens (including phenoxy) is 5. The van der Waals surface area contributed by atoms with Crippen molar-refractivity contribution in [3.63, 3.8) is 0 Å². The Kier molecular flexibility index (Phi) is 3.93. The van der Waals surface area contributed by atoms with Crippen molar-refractivity contribution in [2.45, 2.75) is 25.0 Å². The highest BCUT2D eigenvalue weighted by Gasteiger charge is 2.41. The molecular formula is C23H24O5. The summed E-state index contributed by atoms with van der Waals surface area (Å²) >= 11 is 0. The SMILES string of the molecule is COc1ccc2c(OCC3(C)CO3)c3ccccc3c(OCC3(C)CO3)c2c1. The van der Waals surface area contributed by atoms with E-state index < -0.39 is 0 Å². The van der Waals surface area contributed by atoms with Crippen LogP contribution in [0.2, 0.25) is 0 Å². The average Bonchev–Trinajstić information content (AvgIpc) is 3.63. The van der Waals surface area contributed by atoms with Gasteiger partial charge in [0.15, 0.2) is 0 Å². The maximum absolute atomic E-state index is 6.31. The van der Waals surface area contributed by atoms with Crippen LogP contribution in [-0.2, 0) is 9.47 Å². The molecule has 0 spiro atoms. The zero-order chi connectivity index (χ0) is 19.4. The molecule has 0 bridgehead atoms. The summed E-state index contributed by atoms with van der Waals surface area (Å²) in [6.07, 6.45) is 0. The van der Waals surface area contributed by atoms with Crippen LogP contribution in [0.25, 0.3) is 21.5 Å². The van der Waals surface area contributed by atoms with Gasteiger partial charge in [0.1, 0.15) is 41.7 Å². The quantitative estimate of drug-likeness (QED) is 0.451. The molecule has 2 aliphatic heterocycles. The lowest BCUT2D eigenvalue weighted by molar-refractivity contribution is 0.203. The first-order valence-corrected chi connectivity index (χ1v) is 9.56. The van der Waals surface area contributed by atoms with Crippen LogP contribution >= 0.6 is 0 Å². The number of methoxy groups -OCH3 is 1. The lowest BCUT2D eigenvalue weighted by Gasteiger charge is -2.19. The number of hydrogen-bond donors (Lipinski definition) is 0. The van der Waals surface area contributed by atoms with Crippen molar-refractivity contribution >= 4 is 21.5 Å². The van der Waals surface area contributed by atoms with E-state index in [0.717, 1.165) is 52.0 Å². The predicted octanol–water partition coefficient (Wildman–Crippen LogP) is 4.34. The van der Waals surface area contributed by atoms with Gasteiger partial charge in [-0.15, -0.1) is 0 Å². The number of rotatable bonds is 7. The third-order valence-corrected chi connectivity index (χ3v) is 5.45. The molecule has 146 valence electrons. The number of benzene rings is 3. The lowest BCUT2D eigenvalue weighted by Crippen LogP contribution is -2.18. The molecule has 2 aliphatic rings. The lowest BCUT2D eigenvalue weighted by atomic mass is 10.00. The minimum atomic E-state index is -0.195. The Morgan fingerprint density at radius 3 is 1.79 bits per heavy atom. The topological polar surface area (TPSA) is 52.8 Å². The molecular weight excluding hydrogens is 356 g/mol. The monoisotopic (exact) mass is 380 g/mol. The molecule has 2 unspecified atom stereocenters. The van der Waals surface area contributed by atoms with Crippen LogP contribution in [0.3, 0.4) is 0 Å². The Morgan fingerprint density at radius 1 is 0.786 bits per heavy atom. The van der Waals surface area contributed by atoms with E-state index in [9.17, 15) is 0 Å². The van der Waals surface area contributed by atoms with E-state index in [2.05, 4.69) is 26.0 Å². The summed E-state index contributed by atoms with van der Waals surface area (Å²) in [4.78, 5) is 0. The van der Waals surface area contributed by atoms with Gasteiger partial charge in [-0.1, -0.05) is 24.3 Å². The minimum Gasteiger partial charge on any atom is -0.497 e. The third kappa shape index (κ3) is 3.15. The van der Waals surface area contributed by atoms with Crippen molar-refractivity contribution in [3.05, 3.63) is 42.5 Å². The second-order valence-corrected chi connectivity index (χ2v) is 8.17. The van der Waals surface area contributed by atoms with Crippen molar-refractivity contribution in [1.29, 1.82) is 0 Å². The van der Waals surface area contributed by atoms with E-state index in [0.29, 0.717) is 13.2 Å². The van der Waals surface area contributed by atoms with Gasteiger partial charge < -0.3 is 23.7 Å². The van der Waals surface area contributed by atoms with Crippen LogP contribution in [0, 0.1) is 0 Å². The fourth-order valence-corrected chi connectivity index (χ4v) is 3.38. The summed E-state index contributed by atoms with van der Waals surface area (Å²) in [7, 11) is 1.67. The Hall–Kier alpha value is -2.50. The molecule has 28 heavy (non-hydrogen) atoms. The molecule has 2 saturated heterocycles. The van der Waals surface area contributed by atoms with Crippen molar-refractivity contribution < 1.29 is 23.7 Å². The standard InChI is InChI=1S/C23H24O5/c1-22(13-27-22)11-25-20-16-6-4-5-7-17(16)21(26-12-23(2)14-28-23)19-10-15(24-3)8-9-18(19)20/h4-10H,11-14H2,1-3H3. The number of fused-ring (bicyclic) bond motifs is 2. The van der Waals surface area contributed by atoms with Gasteiger partial charge in [-0.05, 0) is 32.0 Å². The van der Waals surface area contributed by atoms with E-state index >= 15 is 0 Å². The molecule has 2 atom stereocenters. The number of epoxide rings is 2. The Balaban J connectivity index is 1.68. The summed E-state index contributed by atoms with van der Waals surface area (Å²) in [6, 6.07) is 14.2. The molecule has 0 saturated carbocycles. The molecule has 5 nitrogen and oxygen atoms in total. The van der Waals surface area contributed by atoms with Crippen LogP contribution < -0.4 is 14.2 Å². The highest BCUT2D eigenvalue weighted by atomic mass is 16.6. The first-order chi connectivity index (χ1) is 13.5. The van der Waals surface area contributed by atoms with Gasteiger partial charge >= 0.3 is 0 Å². The second kappa shape index (κ2) is 6.26. The minimum absolute atomic E-state index is 0.188. The smallest absolute Gasteiger partial charge is 0.135 e. The maximum atomic E-state index is 6.31. The predicted molar refractivity (Wildman–Crippen MR) is 108 cm³/mol. The fraction of sp³-hybridized carbons (Fsp3) is 0.391. The van der Waals surface area contributed by atoms with Crippen molar-refractivity contribution in [1.82, 2.24) is 0 Å². The molecule has 0 aliphatic carbocycles. The molecule has 0 aromatic heterocycles. The molecule has 0 radical (unpaired) electrons. The molecule has 3 aromatic rings. The van der Waals surface area contributed by atoms with Gasteiger partial charge in [0.05, 0.1) is 20.3 Å². The molecule has 2 heterocycles. The van der Waals surface area contributed by atoms with E-state index in [-0.39, 0.29) is 11.2 Å². The summed E-state index contributed by atoms with van der Waals surface area (Å²) in [5.74, 6) is 2.47. The van der Waals surface area contributed by atoms with Crippen LogP contribution in [0.5, 0.6) is 17.2 Å². The Labute approximate surface area is 164 Å². The van der Waals surface area contributed by atoms with Gasteiger partial charge in [-0.2, -0.15) is 0 Å². The molecule has 5 rings (SSSR count). The maximum Gasteiger partial charge on any atom is 0.135 e. The summed E-state index contributed by atoms with van der Waals surface area (Å²) in [5, 5.41) is 4.02. The number of hydrogen-bond acceptors (Lipinski definition) is 5. The van der Waals surface area contributed by atoms with Gasteiger partial charge in [0, 0.05) is 21.5 Å². The first kappa shape index (κ1) is 17.6. The second-order valence-electron chi connectivity index (χ2n) is 8.17. The molecule has 0 N–H and O–H groups in total. The van der Waals surface area contributed by atoms with E-state index in [1.54, 1.807) is 7.11 Å². The van der Waals surface area contributed by atoms with Gasteiger partial charge in [0.25, 0.3) is 0 Å². The van der Waals surface area contributed by atoms with E-state index in [1.807, 2.05) is 30.3 Å². The van der Waals surface area contributed by atoms with Gasteiger partial charge in [-0.25, -0.2) is 0 Å². The summed E-state index contributed by atoms with van der Waals surface area (Å²) in [5.41, 5.74) is -0.383. The van der Waals surface area contributed by atoms with E-state index in [4.69, 9.17) is 23.7 Å². The van der Waals surface area contributed by atoms with E-state index in [1.165, 1.54) is 0 Å². The highest BCUT2D eigenvalue weighted by Crippen LogP contribution is 2.45. The molecule has 5 heteroatoms. The Morgan fingerprint density at radius 2 is 1.29 bits per heavy atom. The highest BCUT2D eigenvalue weighted by molar-refractivity contribution is 6.11. The molecule has 3 aromatic carbocycles. The van der Waals surface area contributed by atoms with Gasteiger partial charge in [-0.3, -0.25) is 0 Å². The van der Waals surface area contributed by atoms with Crippen LogP contribution in [0.1, 0.15) is 13.8 Å². The van der Waals surface area contributed by atoms with Crippen LogP contribution in [0.4, 0.5) is 0 Å². The normalized spacial score (nSPS) is 25.7. The summed E-state index contributed by atoms with van der Waals surface area (Å²) < 4.78 is 29.1. The molecule has 2 fully saturated rings. The fourth-order valence-electron chi connectivity index (χ4n) is 3.38. The van der Waals surface area contributed by atoms with Crippen molar-refractivity contribution in [3.8, 4) is 17.2 Å². The average molecular weight is 380 g/mol. The first-order valence-electron chi connectivity index (χ1n) is 9.56. The van der Waals surface area contributed by atoms with Gasteiger partial charge in [0.2, 0.25) is 0 Å². The van der Waals surface area contributed by atoms with Crippen LogP contribution in [0.15, 0.2) is 42.5 Å². The zero-order valence-electron chi connectivity index (χ0n) is 16.4. The van der Waals surface area contributed by atoms with Crippen molar-refractivity contribution in [2.75, 3.05) is 33.5 Å². The largest absolute Gasteiger partial charge is 0.497 e. The summed E-state index contributed by atoms with van der Waals surface area (Å²) in [6.45, 7) is 6.61. The van der Waals surface area contributed by atoms with Crippen LogP contribution in [-0.4, -0.2) is 44.7 Å². The third-order valence-electron chi connectivity index (χ3n) is 5.45.